The van der Waals surface area contributed by atoms with E-state index < -0.39 is 9.84 Å². The lowest BCUT2D eigenvalue weighted by Crippen LogP contribution is -2.10. The second-order valence-electron chi connectivity index (χ2n) is 4.09. The summed E-state index contributed by atoms with van der Waals surface area (Å²) in [5.41, 5.74) is 6.90. The van der Waals surface area contributed by atoms with E-state index in [1.54, 1.807) is 18.2 Å². The minimum Gasteiger partial charge on any atom is -0.324 e. The fourth-order valence-electron chi connectivity index (χ4n) is 1.57. The van der Waals surface area contributed by atoms with Crippen molar-refractivity contribution in [2.24, 2.45) is 5.73 Å². The van der Waals surface area contributed by atoms with Crippen LogP contribution in [0.2, 0.25) is 0 Å². The highest BCUT2D eigenvalue weighted by molar-refractivity contribution is 7.90. The summed E-state index contributed by atoms with van der Waals surface area (Å²) in [4.78, 5) is 0.344. The minimum absolute atomic E-state index is 0. The molecule has 0 aliphatic rings. The largest absolute Gasteiger partial charge is 0.324 e. The van der Waals surface area contributed by atoms with Gasteiger partial charge in [-0.1, -0.05) is 31.9 Å². The number of rotatable bonds is 5. The van der Waals surface area contributed by atoms with Gasteiger partial charge in [0.15, 0.2) is 9.84 Å². The molecule has 5 heteroatoms. The van der Waals surface area contributed by atoms with Crippen LogP contribution in [0.3, 0.4) is 0 Å². The first-order valence-corrected chi connectivity index (χ1v) is 7.40. The summed E-state index contributed by atoms with van der Waals surface area (Å²) in [5.74, 6) is 0. The van der Waals surface area contributed by atoms with Gasteiger partial charge in [0.25, 0.3) is 0 Å². The number of sulfone groups is 1. The van der Waals surface area contributed by atoms with Crippen molar-refractivity contribution in [1.82, 2.24) is 0 Å². The van der Waals surface area contributed by atoms with E-state index in [0.717, 1.165) is 24.8 Å². The van der Waals surface area contributed by atoms with Crippen molar-refractivity contribution in [2.45, 2.75) is 37.1 Å². The molecule has 0 amide bonds. The van der Waals surface area contributed by atoms with Crippen molar-refractivity contribution in [1.29, 1.82) is 0 Å². The summed E-state index contributed by atoms with van der Waals surface area (Å²) in [6.07, 6.45) is 4.26. The van der Waals surface area contributed by atoms with Crippen LogP contribution < -0.4 is 5.73 Å². The first kappa shape index (κ1) is 16.4. The molecule has 1 aromatic rings. The number of unbranched alkanes of at least 4 members (excludes halogenated alkanes) is 1. The van der Waals surface area contributed by atoms with E-state index in [1.165, 1.54) is 6.26 Å². The number of halogens is 1. The number of benzene rings is 1. The zero-order chi connectivity index (χ0) is 12.2. The van der Waals surface area contributed by atoms with Crippen LogP contribution >= 0.6 is 12.4 Å². The Balaban J connectivity index is 0.00000256. The van der Waals surface area contributed by atoms with Gasteiger partial charge in [-0.2, -0.15) is 0 Å². The quantitative estimate of drug-likeness (QED) is 0.900. The van der Waals surface area contributed by atoms with Crippen molar-refractivity contribution in [2.75, 3.05) is 6.26 Å². The molecule has 0 saturated carbocycles. The standard InChI is InChI=1S/C12H19NO2S.ClH/c1-3-4-8-12(13)10-6-5-7-11(9-10)16(2,14)15;/h5-7,9,12H,3-4,8,13H2,1-2H3;1H/t12-;/m0./s1. The summed E-state index contributed by atoms with van der Waals surface area (Å²) in [7, 11) is -3.13. The van der Waals surface area contributed by atoms with Crippen molar-refractivity contribution in [3.63, 3.8) is 0 Å². The lowest BCUT2D eigenvalue weighted by Gasteiger charge is -2.12. The maximum absolute atomic E-state index is 11.4. The molecule has 1 atom stereocenters. The average Bonchev–Trinajstić information content (AvgIpc) is 2.25. The van der Waals surface area contributed by atoms with E-state index >= 15 is 0 Å². The van der Waals surface area contributed by atoms with Crippen LogP contribution in [-0.4, -0.2) is 14.7 Å². The molecule has 0 aliphatic heterocycles. The molecule has 2 N–H and O–H groups in total. The monoisotopic (exact) mass is 277 g/mol. The Kier molecular flexibility index (Phi) is 6.75. The van der Waals surface area contributed by atoms with Gasteiger partial charge in [0, 0.05) is 12.3 Å². The highest BCUT2D eigenvalue weighted by atomic mass is 35.5. The van der Waals surface area contributed by atoms with Gasteiger partial charge in [-0.05, 0) is 24.1 Å². The second-order valence-corrected chi connectivity index (χ2v) is 6.11. The van der Waals surface area contributed by atoms with E-state index in [-0.39, 0.29) is 18.4 Å². The summed E-state index contributed by atoms with van der Waals surface area (Å²) in [6.45, 7) is 2.11. The fourth-order valence-corrected chi connectivity index (χ4v) is 2.24. The summed E-state index contributed by atoms with van der Waals surface area (Å²) < 4.78 is 22.8. The van der Waals surface area contributed by atoms with Gasteiger partial charge < -0.3 is 5.73 Å². The van der Waals surface area contributed by atoms with Gasteiger partial charge in [0.2, 0.25) is 0 Å². The van der Waals surface area contributed by atoms with Crippen molar-refractivity contribution < 1.29 is 8.42 Å². The van der Waals surface area contributed by atoms with Crippen LogP contribution in [0.1, 0.15) is 37.8 Å². The van der Waals surface area contributed by atoms with E-state index in [2.05, 4.69) is 6.92 Å². The second kappa shape index (κ2) is 6.99. The van der Waals surface area contributed by atoms with Crippen LogP contribution in [-0.2, 0) is 9.84 Å². The Morgan fingerprint density at radius 1 is 1.35 bits per heavy atom. The Hall–Kier alpha value is -0.580. The van der Waals surface area contributed by atoms with Crippen LogP contribution in [0, 0.1) is 0 Å². The van der Waals surface area contributed by atoms with Gasteiger partial charge >= 0.3 is 0 Å². The topological polar surface area (TPSA) is 60.2 Å². The minimum atomic E-state index is -3.13. The Labute approximate surface area is 110 Å². The molecule has 0 bridgehead atoms. The maximum Gasteiger partial charge on any atom is 0.175 e. The lowest BCUT2D eigenvalue weighted by molar-refractivity contribution is 0.596. The van der Waals surface area contributed by atoms with Crippen molar-refractivity contribution >= 4 is 22.2 Å². The Morgan fingerprint density at radius 3 is 2.53 bits per heavy atom. The van der Waals surface area contributed by atoms with E-state index in [1.807, 2.05) is 6.07 Å². The number of nitrogens with two attached hydrogens (primary N) is 1. The normalized spacial score (nSPS) is 12.9. The number of hydrogen-bond acceptors (Lipinski definition) is 3. The van der Waals surface area contributed by atoms with Crippen LogP contribution in [0.15, 0.2) is 29.2 Å². The van der Waals surface area contributed by atoms with Gasteiger partial charge in [0.05, 0.1) is 4.90 Å². The van der Waals surface area contributed by atoms with E-state index in [9.17, 15) is 8.42 Å². The van der Waals surface area contributed by atoms with Gasteiger partial charge in [-0.3, -0.25) is 0 Å². The molecule has 0 heterocycles. The van der Waals surface area contributed by atoms with Crippen LogP contribution in [0.25, 0.3) is 0 Å². The molecular formula is C12H20ClNO2S. The predicted molar refractivity (Wildman–Crippen MR) is 73.3 cm³/mol. The molecule has 0 unspecified atom stereocenters. The first-order chi connectivity index (χ1) is 7.45. The molecule has 0 fully saturated rings. The third kappa shape index (κ3) is 5.06. The fraction of sp³-hybridized carbons (Fsp3) is 0.500. The zero-order valence-corrected chi connectivity index (χ0v) is 11.9. The molecular weight excluding hydrogens is 258 g/mol. The highest BCUT2D eigenvalue weighted by Crippen LogP contribution is 2.19. The van der Waals surface area contributed by atoms with Crippen molar-refractivity contribution in [3.05, 3.63) is 29.8 Å². The van der Waals surface area contributed by atoms with Gasteiger partial charge in [0.1, 0.15) is 0 Å². The first-order valence-electron chi connectivity index (χ1n) is 5.50. The maximum atomic E-state index is 11.4. The molecule has 0 saturated heterocycles. The summed E-state index contributed by atoms with van der Waals surface area (Å²) in [5, 5.41) is 0. The molecule has 17 heavy (non-hydrogen) atoms. The van der Waals surface area contributed by atoms with E-state index in [0.29, 0.717) is 4.90 Å². The summed E-state index contributed by atoms with van der Waals surface area (Å²) >= 11 is 0. The Bertz CT molecular complexity index is 446. The van der Waals surface area contributed by atoms with Crippen molar-refractivity contribution in [3.8, 4) is 0 Å². The van der Waals surface area contributed by atoms with Crippen LogP contribution in [0.4, 0.5) is 0 Å². The lowest BCUT2D eigenvalue weighted by atomic mass is 10.0. The predicted octanol–water partition coefficient (Wildman–Crippen LogP) is 2.70. The third-order valence-electron chi connectivity index (χ3n) is 2.58. The van der Waals surface area contributed by atoms with Gasteiger partial charge in [-0.25, -0.2) is 8.42 Å². The smallest absolute Gasteiger partial charge is 0.175 e. The summed E-state index contributed by atoms with van der Waals surface area (Å²) in [6, 6.07) is 6.84. The Morgan fingerprint density at radius 2 is 2.00 bits per heavy atom. The third-order valence-corrected chi connectivity index (χ3v) is 3.69. The highest BCUT2D eigenvalue weighted by Gasteiger charge is 2.10. The molecule has 1 rings (SSSR count). The molecule has 0 aromatic heterocycles. The molecule has 98 valence electrons. The number of hydrogen-bond donors (Lipinski definition) is 1. The zero-order valence-electron chi connectivity index (χ0n) is 10.2. The molecule has 0 aliphatic carbocycles. The van der Waals surface area contributed by atoms with Crippen LogP contribution in [0.5, 0.6) is 0 Å². The molecule has 0 spiro atoms. The SMILES string of the molecule is CCCC[C@H](N)c1cccc(S(C)(=O)=O)c1.Cl. The molecule has 1 aromatic carbocycles. The van der Waals surface area contributed by atoms with E-state index in [4.69, 9.17) is 5.73 Å². The molecule has 3 nitrogen and oxygen atoms in total. The molecule has 0 radical (unpaired) electrons. The average molecular weight is 278 g/mol. The van der Waals surface area contributed by atoms with Gasteiger partial charge in [-0.15, -0.1) is 12.4 Å².